The Labute approximate surface area is 128 Å². The minimum atomic E-state index is -0.339. The van der Waals surface area contributed by atoms with Crippen molar-refractivity contribution in [2.75, 3.05) is 0 Å². The van der Waals surface area contributed by atoms with Gasteiger partial charge in [-0.15, -0.1) is 0 Å². The van der Waals surface area contributed by atoms with Gasteiger partial charge in [0.15, 0.2) is 0 Å². The second-order valence-electron chi connectivity index (χ2n) is 7.02. The Morgan fingerprint density at radius 1 is 1.24 bits per heavy atom. The van der Waals surface area contributed by atoms with E-state index in [1.807, 2.05) is 18.7 Å². The molecule has 6 atom stereocenters. The maximum atomic E-state index is 13.0. The topological polar surface area (TPSA) is 49.4 Å². The van der Waals surface area contributed by atoms with Crippen molar-refractivity contribution in [3.63, 3.8) is 0 Å². The van der Waals surface area contributed by atoms with Gasteiger partial charge in [0.05, 0.1) is 0 Å². The molecule has 0 bridgehead atoms. The lowest BCUT2D eigenvalue weighted by atomic mass is 9.89. The first-order chi connectivity index (χ1) is 9.92. The van der Waals surface area contributed by atoms with Gasteiger partial charge in [0.25, 0.3) is 0 Å². The highest BCUT2D eigenvalue weighted by atomic mass is 16.2. The molecule has 0 spiro atoms. The molecule has 2 aliphatic rings. The average molecular weight is 294 g/mol. The van der Waals surface area contributed by atoms with Crippen molar-refractivity contribution in [1.29, 1.82) is 0 Å². The molecule has 1 heterocycles. The summed E-state index contributed by atoms with van der Waals surface area (Å²) in [5.41, 5.74) is 0. The van der Waals surface area contributed by atoms with Crippen LogP contribution < -0.4 is 5.32 Å². The number of amides is 2. The number of nitrogens with one attached hydrogen (secondary N) is 1. The van der Waals surface area contributed by atoms with Crippen molar-refractivity contribution in [3.05, 3.63) is 0 Å². The second kappa shape index (κ2) is 6.37. The molecule has 120 valence electrons. The van der Waals surface area contributed by atoms with E-state index in [-0.39, 0.29) is 35.9 Å². The maximum Gasteiger partial charge on any atom is 0.246 e. The fourth-order valence-electron chi connectivity index (χ4n) is 3.88. The van der Waals surface area contributed by atoms with Crippen LogP contribution in [0.25, 0.3) is 0 Å². The number of carbonyl (C=O) groups is 2. The molecule has 1 saturated carbocycles. The van der Waals surface area contributed by atoms with Crippen molar-refractivity contribution < 1.29 is 9.59 Å². The van der Waals surface area contributed by atoms with Gasteiger partial charge in [-0.1, -0.05) is 41.0 Å². The normalized spacial score (nSPS) is 38.5. The lowest BCUT2D eigenvalue weighted by Gasteiger charge is -2.45. The quantitative estimate of drug-likeness (QED) is 0.866. The van der Waals surface area contributed by atoms with Crippen LogP contribution in [-0.4, -0.2) is 34.8 Å². The standard InChI is InChI=1S/C17H30N2O2/c1-6-10(3)15-17(21)19(13(7-2)16(20)18-15)14-9-8-11(4)12(14)5/h10-15H,6-9H2,1-5H3,(H,18,20). The molecule has 2 fully saturated rings. The van der Waals surface area contributed by atoms with Crippen LogP contribution in [0.1, 0.15) is 60.3 Å². The Balaban J connectivity index is 2.29. The Morgan fingerprint density at radius 2 is 1.90 bits per heavy atom. The molecule has 0 radical (unpaired) electrons. The summed E-state index contributed by atoms with van der Waals surface area (Å²) in [6, 6.07) is -0.390. The van der Waals surface area contributed by atoms with E-state index in [4.69, 9.17) is 0 Å². The van der Waals surface area contributed by atoms with Crippen molar-refractivity contribution in [1.82, 2.24) is 10.2 Å². The zero-order chi connectivity index (χ0) is 15.7. The molecular formula is C17H30N2O2. The SMILES string of the molecule is CCC(C)C1NC(=O)C(CC)N(C2CCC(C)C2C)C1=O. The summed E-state index contributed by atoms with van der Waals surface area (Å²) in [4.78, 5) is 27.4. The summed E-state index contributed by atoms with van der Waals surface area (Å²) in [6.07, 6.45) is 3.78. The van der Waals surface area contributed by atoms with Crippen molar-refractivity contribution in [3.8, 4) is 0 Å². The Morgan fingerprint density at radius 3 is 2.38 bits per heavy atom. The van der Waals surface area contributed by atoms with E-state index < -0.39 is 0 Å². The third-order valence-electron chi connectivity index (χ3n) is 5.84. The molecule has 4 heteroatoms. The first-order valence-corrected chi connectivity index (χ1v) is 8.54. The van der Waals surface area contributed by atoms with Crippen molar-refractivity contribution in [2.45, 2.75) is 78.4 Å². The van der Waals surface area contributed by atoms with Gasteiger partial charge in [0.2, 0.25) is 11.8 Å². The summed E-state index contributed by atoms with van der Waals surface area (Å²) < 4.78 is 0. The largest absolute Gasteiger partial charge is 0.342 e. The summed E-state index contributed by atoms with van der Waals surface area (Å²) in [5, 5.41) is 2.97. The molecular weight excluding hydrogens is 264 g/mol. The van der Waals surface area contributed by atoms with Crippen LogP contribution in [0, 0.1) is 17.8 Å². The predicted molar refractivity (Wildman–Crippen MR) is 83.7 cm³/mol. The average Bonchev–Trinajstić information content (AvgIpc) is 2.79. The third-order valence-corrected chi connectivity index (χ3v) is 5.84. The molecule has 2 rings (SSSR count). The van der Waals surface area contributed by atoms with Gasteiger partial charge >= 0.3 is 0 Å². The zero-order valence-corrected chi connectivity index (χ0v) is 14.1. The lowest BCUT2D eigenvalue weighted by molar-refractivity contribution is -0.154. The summed E-state index contributed by atoms with van der Waals surface area (Å²) in [5.74, 6) is 1.48. The zero-order valence-electron chi connectivity index (χ0n) is 14.1. The fourth-order valence-corrected chi connectivity index (χ4v) is 3.88. The highest BCUT2D eigenvalue weighted by Gasteiger charge is 2.47. The van der Waals surface area contributed by atoms with Crippen LogP contribution in [0.4, 0.5) is 0 Å². The van der Waals surface area contributed by atoms with E-state index >= 15 is 0 Å². The van der Waals surface area contributed by atoms with Crippen LogP contribution in [0.15, 0.2) is 0 Å². The van der Waals surface area contributed by atoms with Crippen LogP contribution in [-0.2, 0) is 9.59 Å². The minimum absolute atomic E-state index is 0.0363. The smallest absolute Gasteiger partial charge is 0.246 e. The molecule has 1 N–H and O–H groups in total. The highest BCUT2D eigenvalue weighted by Crippen LogP contribution is 2.37. The van der Waals surface area contributed by atoms with E-state index in [9.17, 15) is 9.59 Å². The van der Waals surface area contributed by atoms with E-state index in [1.165, 1.54) is 0 Å². The van der Waals surface area contributed by atoms with Gasteiger partial charge in [-0.05, 0) is 37.0 Å². The Hall–Kier alpha value is -1.06. The van der Waals surface area contributed by atoms with Gasteiger partial charge in [0.1, 0.15) is 12.1 Å². The van der Waals surface area contributed by atoms with Gasteiger partial charge in [-0.25, -0.2) is 0 Å². The van der Waals surface area contributed by atoms with Crippen LogP contribution >= 0.6 is 0 Å². The summed E-state index contributed by atoms with van der Waals surface area (Å²) in [7, 11) is 0. The third kappa shape index (κ3) is 2.82. The number of hydrogen-bond acceptors (Lipinski definition) is 2. The minimum Gasteiger partial charge on any atom is -0.342 e. The molecule has 0 aromatic rings. The van der Waals surface area contributed by atoms with Crippen molar-refractivity contribution in [2.24, 2.45) is 17.8 Å². The Bertz CT molecular complexity index is 410. The first kappa shape index (κ1) is 16.3. The van der Waals surface area contributed by atoms with Crippen LogP contribution in [0.2, 0.25) is 0 Å². The van der Waals surface area contributed by atoms with E-state index in [0.29, 0.717) is 18.3 Å². The van der Waals surface area contributed by atoms with E-state index in [1.54, 1.807) is 0 Å². The van der Waals surface area contributed by atoms with Crippen LogP contribution in [0.5, 0.6) is 0 Å². The summed E-state index contributed by atoms with van der Waals surface area (Å²) in [6.45, 7) is 10.6. The molecule has 2 amide bonds. The fraction of sp³-hybridized carbons (Fsp3) is 0.882. The van der Waals surface area contributed by atoms with E-state index in [0.717, 1.165) is 19.3 Å². The number of carbonyl (C=O) groups excluding carboxylic acids is 2. The van der Waals surface area contributed by atoms with Gasteiger partial charge in [-0.2, -0.15) is 0 Å². The molecule has 1 aliphatic heterocycles. The maximum absolute atomic E-state index is 13.0. The van der Waals surface area contributed by atoms with Crippen LogP contribution in [0.3, 0.4) is 0 Å². The molecule has 6 unspecified atom stereocenters. The van der Waals surface area contributed by atoms with Gasteiger partial charge in [0, 0.05) is 6.04 Å². The summed E-state index contributed by atoms with van der Waals surface area (Å²) >= 11 is 0. The molecule has 0 aromatic heterocycles. The first-order valence-electron chi connectivity index (χ1n) is 8.54. The monoisotopic (exact) mass is 294 g/mol. The lowest BCUT2D eigenvalue weighted by Crippen LogP contribution is -2.67. The van der Waals surface area contributed by atoms with Gasteiger partial charge < -0.3 is 10.2 Å². The molecule has 0 aromatic carbocycles. The predicted octanol–water partition coefficient (Wildman–Crippen LogP) is 2.57. The second-order valence-corrected chi connectivity index (χ2v) is 7.02. The molecule has 1 saturated heterocycles. The van der Waals surface area contributed by atoms with Gasteiger partial charge in [-0.3, -0.25) is 9.59 Å². The number of piperazine rings is 1. The number of rotatable bonds is 4. The highest BCUT2D eigenvalue weighted by molar-refractivity contribution is 5.97. The van der Waals surface area contributed by atoms with Crippen molar-refractivity contribution >= 4 is 11.8 Å². The van der Waals surface area contributed by atoms with E-state index in [2.05, 4.69) is 26.1 Å². The molecule has 4 nitrogen and oxygen atoms in total. The molecule has 21 heavy (non-hydrogen) atoms. The Kier molecular flexibility index (Phi) is 4.95. The molecule has 1 aliphatic carbocycles. The number of nitrogens with zero attached hydrogens (tertiary/aromatic N) is 1. The number of hydrogen-bond donors (Lipinski definition) is 1.